The number of ether oxygens (including phenoxy) is 1. The Kier molecular flexibility index (Phi) is 5.56. The molecule has 1 aliphatic rings. The van der Waals surface area contributed by atoms with E-state index in [9.17, 15) is 23.1 Å². The van der Waals surface area contributed by atoms with E-state index in [2.05, 4.69) is 4.98 Å². The summed E-state index contributed by atoms with van der Waals surface area (Å²) in [4.78, 5) is 17.2. The third-order valence-electron chi connectivity index (χ3n) is 4.34. The van der Waals surface area contributed by atoms with Crippen LogP contribution in [0.4, 0.5) is 18.0 Å². The summed E-state index contributed by atoms with van der Waals surface area (Å²) in [5, 5.41) is 10.2. The van der Waals surface area contributed by atoms with E-state index < -0.39 is 29.4 Å². The van der Waals surface area contributed by atoms with Gasteiger partial charge in [0, 0.05) is 13.2 Å². The molecule has 1 unspecified atom stereocenters. The van der Waals surface area contributed by atoms with Gasteiger partial charge in [0.25, 0.3) is 0 Å². The maximum Gasteiger partial charge on any atom is 0.410 e. The fourth-order valence-corrected chi connectivity index (χ4v) is 2.61. The minimum absolute atomic E-state index is 0.0340. The van der Waals surface area contributed by atoms with Crippen molar-refractivity contribution in [2.24, 2.45) is 5.41 Å². The van der Waals surface area contributed by atoms with Gasteiger partial charge in [0.1, 0.15) is 11.7 Å². The van der Waals surface area contributed by atoms with Crippen LogP contribution in [0.5, 0.6) is 0 Å². The smallest absolute Gasteiger partial charge is 0.410 e. The Morgan fingerprint density at radius 1 is 1.35 bits per heavy atom. The van der Waals surface area contributed by atoms with E-state index in [0.29, 0.717) is 11.3 Å². The van der Waals surface area contributed by atoms with Crippen LogP contribution in [0.25, 0.3) is 0 Å². The van der Waals surface area contributed by atoms with Crippen LogP contribution >= 0.6 is 0 Å². The molecule has 1 N–H and O–H groups in total. The number of rotatable bonds is 5. The molecule has 0 aromatic carbocycles. The molecule has 146 valence electrons. The molecule has 1 fully saturated rings. The first-order valence-corrected chi connectivity index (χ1v) is 8.47. The zero-order chi connectivity index (χ0) is 19.8. The highest BCUT2D eigenvalue weighted by molar-refractivity contribution is 5.67. The van der Waals surface area contributed by atoms with Gasteiger partial charge in [-0.05, 0) is 51.7 Å². The fraction of sp³-hybridized carbons (Fsp3) is 0.667. The summed E-state index contributed by atoms with van der Waals surface area (Å²) in [6.07, 6.45) is -4.30. The largest absolute Gasteiger partial charge is 0.444 e. The van der Waals surface area contributed by atoms with Gasteiger partial charge in [-0.3, -0.25) is 4.98 Å². The van der Waals surface area contributed by atoms with Crippen LogP contribution in [0, 0.1) is 5.41 Å². The lowest BCUT2D eigenvalue weighted by Gasteiger charge is -2.26. The van der Waals surface area contributed by atoms with E-state index >= 15 is 0 Å². The predicted molar refractivity (Wildman–Crippen MR) is 89.5 cm³/mol. The van der Waals surface area contributed by atoms with Crippen molar-refractivity contribution in [3.63, 3.8) is 0 Å². The van der Waals surface area contributed by atoms with Gasteiger partial charge in [-0.2, -0.15) is 13.2 Å². The summed E-state index contributed by atoms with van der Waals surface area (Å²) >= 11 is 0. The zero-order valence-electron chi connectivity index (χ0n) is 15.4. The number of nitrogens with zero attached hydrogens (tertiary/aromatic N) is 2. The molecule has 1 aliphatic carbocycles. The molecule has 0 spiro atoms. The Morgan fingerprint density at radius 3 is 2.38 bits per heavy atom. The van der Waals surface area contributed by atoms with Gasteiger partial charge in [-0.25, -0.2) is 4.79 Å². The number of carbonyl (C=O) groups excluding carboxylic acids is 1. The Labute approximate surface area is 151 Å². The highest BCUT2D eigenvalue weighted by Crippen LogP contribution is 2.59. The molecule has 1 aromatic rings. The number of hydrogen-bond donors (Lipinski definition) is 1. The maximum absolute atomic E-state index is 13.0. The quantitative estimate of drug-likeness (QED) is 0.850. The first kappa shape index (κ1) is 20.5. The normalized spacial score (nSPS) is 17.5. The van der Waals surface area contributed by atoms with Gasteiger partial charge in [-0.15, -0.1) is 0 Å². The van der Waals surface area contributed by atoms with E-state index in [-0.39, 0.29) is 25.8 Å². The van der Waals surface area contributed by atoms with Crippen LogP contribution in [-0.4, -0.2) is 46.5 Å². The topological polar surface area (TPSA) is 62.7 Å². The van der Waals surface area contributed by atoms with E-state index in [0.717, 1.165) is 0 Å². The second-order valence-electron chi connectivity index (χ2n) is 7.92. The number of aliphatic hydroxyl groups excluding tert-OH is 1. The van der Waals surface area contributed by atoms with E-state index in [1.165, 1.54) is 24.2 Å². The second kappa shape index (κ2) is 7.06. The highest BCUT2D eigenvalue weighted by Gasteiger charge is 2.62. The molecule has 0 saturated heterocycles. The van der Waals surface area contributed by atoms with Gasteiger partial charge in [-0.1, -0.05) is 6.07 Å². The lowest BCUT2D eigenvalue weighted by molar-refractivity contribution is -0.186. The van der Waals surface area contributed by atoms with Crippen molar-refractivity contribution in [3.05, 3.63) is 29.6 Å². The average molecular weight is 374 g/mol. The number of pyridine rings is 1. The molecule has 8 heteroatoms. The minimum atomic E-state index is -4.21. The summed E-state index contributed by atoms with van der Waals surface area (Å²) < 4.78 is 44.2. The number of hydrogen-bond acceptors (Lipinski definition) is 4. The minimum Gasteiger partial charge on any atom is -0.444 e. The molecular formula is C18H25F3N2O3. The molecule has 1 saturated carbocycles. The maximum atomic E-state index is 13.0. The molecule has 5 nitrogen and oxygen atoms in total. The molecule has 2 rings (SSSR count). The lowest BCUT2D eigenvalue weighted by Crippen LogP contribution is -2.36. The Bertz CT molecular complexity index is 635. The van der Waals surface area contributed by atoms with Crippen LogP contribution in [0.2, 0.25) is 0 Å². The first-order valence-electron chi connectivity index (χ1n) is 8.47. The predicted octanol–water partition coefficient (Wildman–Crippen LogP) is 3.87. The Morgan fingerprint density at radius 2 is 1.96 bits per heavy atom. The van der Waals surface area contributed by atoms with Gasteiger partial charge >= 0.3 is 12.3 Å². The van der Waals surface area contributed by atoms with Gasteiger partial charge in [0.15, 0.2) is 0 Å². The van der Waals surface area contributed by atoms with Crippen molar-refractivity contribution in [1.82, 2.24) is 9.88 Å². The Hall–Kier alpha value is -1.83. The van der Waals surface area contributed by atoms with Crippen LogP contribution in [-0.2, 0) is 11.2 Å². The van der Waals surface area contributed by atoms with Crippen LogP contribution < -0.4 is 0 Å². The third kappa shape index (κ3) is 5.09. The SMILES string of the molecule is CN(CC(O)c1ccc(CC2(C(F)(F)F)CC2)cn1)C(=O)OC(C)(C)C. The van der Waals surface area contributed by atoms with Crippen molar-refractivity contribution in [2.45, 2.75) is 57.9 Å². The molecule has 26 heavy (non-hydrogen) atoms. The van der Waals surface area contributed by atoms with Crippen molar-refractivity contribution < 1.29 is 27.8 Å². The number of amides is 1. The van der Waals surface area contributed by atoms with Gasteiger partial charge in [0.05, 0.1) is 17.7 Å². The van der Waals surface area contributed by atoms with Crippen molar-refractivity contribution in [3.8, 4) is 0 Å². The standard InChI is InChI=1S/C18H25F3N2O3/c1-16(2,3)26-15(25)23(4)11-14(24)13-6-5-12(10-22-13)9-17(7-8-17)18(19,20)21/h5-6,10,14,24H,7-9,11H2,1-4H3. The monoisotopic (exact) mass is 374 g/mol. The molecule has 1 aromatic heterocycles. The summed E-state index contributed by atoms with van der Waals surface area (Å²) in [5.41, 5.74) is -1.49. The van der Waals surface area contributed by atoms with Crippen molar-refractivity contribution in [2.75, 3.05) is 13.6 Å². The molecule has 0 bridgehead atoms. The number of carbonyl (C=O) groups is 1. The zero-order valence-corrected chi connectivity index (χ0v) is 15.4. The van der Waals surface area contributed by atoms with E-state index in [1.807, 2.05) is 0 Å². The number of aromatic nitrogens is 1. The summed E-state index contributed by atoms with van der Waals surface area (Å²) in [6, 6.07) is 3.04. The van der Waals surface area contributed by atoms with Gasteiger partial charge in [0.2, 0.25) is 0 Å². The summed E-state index contributed by atoms with van der Waals surface area (Å²) in [7, 11) is 1.49. The Balaban J connectivity index is 1.94. The van der Waals surface area contributed by atoms with Crippen LogP contribution in [0.1, 0.15) is 51.0 Å². The van der Waals surface area contributed by atoms with E-state index in [1.54, 1.807) is 26.8 Å². The fourth-order valence-electron chi connectivity index (χ4n) is 2.61. The molecular weight excluding hydrogens is 349 g/mol. The van der Waals surface area contributed by atoms with Crippen molar-refractivity contribution >= 4 is 6.09 Å². The number of aliphatic hydroxyl groups is 1. The van der Waals surface area contributed by atoms with Crippen LogP contribution in [0.15, 0.2) is 18.3 Å². The summed E-state index contributed by atoms with van der Waals surface area (Å²) in [5.74, 6) is 0. The number of alkyl halides is 3. The highest BCUT2D eigenvalue weighted by atomic mass is 19.4. The number of halogens is 3. The van der Waals surface area contributed by atoms with Gasteiger partial charge < -0.3 is 14.7 Å². The average Bonchev–Trinajstić information content (AvgIpc) is 3.26. The summed E-state index contributed by atoms with van der Waals surface area (Å²) in [6.45, 7) is 5.18. The molecule has 0 aliphatic heterocycles. The second-order valence-corrected chi connectivity index (χ2v) is 7.92. The van der Waals surface area contributed by atoms with Crippen molar-refractivity contribution in [1.29, 1.82) is 0 Å². The molecule has 0 radical (unpaired) electrons. The third-order valence-corrected chi connectivity index (χ3v) is 4.34. The van der Waals surface area contributed by atoms with Crippen LogP contribution in [0.3, 0.4) is 0 Å². The molecule has 1 heterocycles. The lowest BCUT2D eigenvalue weighted by atomic mass is 9.96. The molecule has 1 atom stereocenters. The van der Waals surface area contributed by atoms with E-state index in [4.69, 9.17) is 4.74 Å². The molecule has 1 amide bonds. The first-order chi connectivity index (χ1) is 11.8. The number of likely N-dealkylation sites (N-methyl/N-ethyl adjacent to an activating group) is 1.